The second-order valence-electron chi connectivity index (χ2n) is 6.97. The number of carbonyl (C=O) groups is 1. The summed E-state index contributed by atoms with van der Waals surface area (Å²) in [6, 6.07) is 16.6. The van der Waals surface area contributed by atoms with E-state index in [1.807, 2.05) is 0 Å². The van der Waals surface area contributed by atoms with Crippen LogP contribution in [0.1, 0.15) is 18.0 Å². The Balaban J connectivity index is 1.94. The van der Waals surface area contributed by atoms with Crippen LogP contribution in [0.5, 0.6) is 5.75 Å². The number of hydrogen-bond acceptors (Lipinski definition) is 4. The van der Waals surface area contributed by atoms with E-state index < -0.39 is 39.3 Å². The lowest BCUT2D eigenvalue weighted by atomic mass is 10.0. The number of nitrogens with one attached hydrogen (secondary N) is 1. The number of ether oxygens (including phenoxy) is 1. The molecule has 1 amide bonds. The number of amides is 1. The zero-order chi connectivity index (χ0) is 23.3. The van der Waals surface area contributed by atoms with Crippen molar-refractivity contribution in [2.24, 2.45) is 0 Å². The SMILES string of the molecule is COc1ccc([C@H](CC(=O)Nc2c(F)cccc2F)N(C)S(=O)(=O)c2ccccc2)cc1. The van der Waals surface area contributed by atoms with Crippen LogP contribution in [0.15, 0.2) is 77.7 Å². The van der Waals surface area contributed by atoms with Gasteiger partial charge in [-0.2, -0.15) is 4.31 Å². The lowest BCUT2D eigenvalue weighted by molar-refractivity contribution is -0.117. The molecule has 0 unspecified atom stereocenters. The van der Waals surface area contributed by atoms with Gasteiger partial charge >= 0.3 is 0 Å². The molecule has 9 heteroatoms. The van der Waals surface area contributed by atoms with Gasteiger partial charge in [-0.3, -0.25) is 4.79 Å². The van der Waals surface area contributed by atoms with E-state index in [2.05, 4.69) is 5.32 Å². The summed E-state index contributed by atoms with van der Waals surface area (Å²) in [5.41, 5.74) is -0.0727. The summed E-state index contributed by atoms with van der Waals surface area (Å²) < 4.78 is 60.4. The fourth-order valence-corrected chi connectivity index (χ4v) is 4.56. The molecule has 1 N–H and O–H groups in total. The lowest BCUT2D eigenvalue weighted by Crippen LogP contribution is -2.34. The monoisotopic (exact) mass is 460 g/mol. The summed E-state index contributed by atoms with van der Waals surface area (Å²) in [7, 11) is -1.11. The Kier molecular flexibility index (Phi) is 7.22. The van der Waals surface area contributed by atoms with Crippen molar-refractivity contribution in [2.75, 3.05) is 19.5 Å². The predicted molar refractivity (Wildman–Crippen MR) is 117 cm³/mol. The minimum absolute atomic E-state index is 0.0570. The normalized spacial score (nSPS) is 12.4. The van der Waals surface area contributed by atoms with Crippen molar-refractivity contribution in [3.63, 3.8) is 0 Å². The fraction of sp³-hybridized carbons (Fsp3) is 0.174. The molecule has 6 nitrogen and oxygen atoms in total. The van der Waals surface area contributed by atoms with E-state index in [4.69, 9.17) is 4.74 Å². The molecule has 0 saturated heterocycles. The Morgan fingerprint density at radius 3 is 2.12 bits per heavy atom. The molecule has 168 valence electrons. The minimum Gasteiger partial charge on any atom is -0.497 e. The maximum Gasteiger partial charge on any atom is 0.243 e. The largest absolute Gasteiger partial charge is 0.497 e. The molecular formula is C23H22F2N2O4S. The molecule has 0 fully saturated rings. The molecule has 0 radical (unpaired) electrons. The molecule has 3 aromatic carbocycles. The van der Waals surface area contributed by atoms with E-state index >= 15 is 0 Å². The molecule has 32 heavy (non-hydrogen) atoms. The van der Waals surface area contributed by atoms with Crippen LogP contribution in [0.4, 0.5) is 14.5 Å². The summed E-state index contributed by atoms with van der Waals surface area (Å²) in [6.07, 6.45) is -0.372. The van der Waals surface area contributed by atoms with Gasteiger partial charge in [0.25, 0.3) is 0 Å². The molecule has 0 heterocycles. The van der Waals surface area contributed by atoms with E-state index in [1.165, 1.54) is 32.4 Å². The maximum absolute atomic E-state index is 13.9. The summed E-state index contributed by atoms with van der Waals surface area (Å²) in [4.78, 5) is 12.8. The minimum atomic E-state index is -3.96. The third-order valence-corrected chi connectivity index (χ3v) is 6.85. The topological polar surface area (TPSA) is 75.7 Å². The smallest absolute Gasteiger partial charge is 0.243 e. The van der Waals surface area contributed by atoms with E-state index in [0.717, 1.165) is 16.4 Å². The van der Waals surface area contributed by atoms with Crippen molar-refractivity contribution in [2.45, 2.75) is 17.4 Å². The number of rotatable bonds is 8. The van der Waals surface area contributed by atoms with Crippen LogP contribution in [-0.4, -0.2) is 32.8 Å². The van der Waals surface area contributed by atoms with Gasteiger partial charge < -0.3 is 10.1 Å². The van der Waals surface area contributed by atoms with E-state index in [9.17, 15) is 22.0 Å². The quantitative estimate of drug-likeness (QED) is 0.542. The number of anilines is 1. The standard InChI is InChI=1S/C23H22F2N2O4S/c1-27(32(29,30)18-7-4-3-5-8-18)21(16-11-13-17(31-2)14-12-16)15-22(28)26-23-19(24)9-6-10-20(23)25/h3-14,21H,15H2,1-2H3,(H,26,28)/t21-/m0/s1. The second kappa shape index (κ2) is 9.88. The summed E-state index contributed by atoms with van der Waals surface area (Å²) in [5.74, 6) is -2.04. The summed E-state index contributed by atoms with van der Waals surface area (Å²) >= 11 is 0. The molecule has 3 rings (SSSR count). The number of carbonyl (C=O) groups excluding carboxylic acids is 1. The number of methoxy groups -OCH3 is 1. The Hall–Kier alpha value is -3.30. The van der Waals surface area contributed by atoms with E-state index in [1.54, 1.807) is 42.5 Å². The van der Waals surface area contributed by atoms with Gasteiger partial charge in [0, 0.05) is 13.5 Å². The first kappa shape index (κ1) is 23.4. The molecular weight excluding hydrogens is 438 g/mol. The highest BCUT2D eigenvalue weighted by molar-refractivity contribution is 7.89. The van der Waals surface area contributed by atoms with Crippen molar-refractivity contribution < 1.29 is 26.7 Å². The van der Waals surface area contributed by atoms with Crippen molar-refractivity contribution in [1.82, 2.24) is 4.31 Å². The zero-order valence-corrected chi connectivity index (χ0v) is 18.3. The molecule has 3 aromatic rings. The molecule has 0 aromatic heterocycles. The van der Waals surface area contributed by atoms with Crippen LogP contribution in [0.25, 0.3) is 0 Å². The highest BCUT2D eigenvalue weighted by Crippen LogP contribution is 2.31. The van der Waals surface area contributed by atoms with Gasteiger partial charge in [0.05, 0.1) is 18.0 Å². The second-order valence-corrected chi connectivity index (χ2v) is 8.97. The van der Waals surface area contributed by atoms with Crippen molar-refractivity contribution in [3.05, 3.63) is 90.0 Å². The summed E-state index contributed by atoms with van der Waals surface area (Å²) in [6.45, 7) is 0. The van der Waals surface area contributed by atoms with Gasteiger partial charge in [-0.15, -0.1) is 0 Å². The van der Waals surface area contributed by atoms with Crippen LogP contribution in [0.3, 0.4) is 0 Å². The van der Waals surface area contributed by atoms with E-state index in [0.29, 0.717) is 11.3 Å². The van der Waals surface area contributed by atoms with Crippen LogP contribution in [0.2, 0.25) is 0 Å². The highest BCUT2D eigenvalue weighted by atomic mass is 32.2. The van der Waals surface area contributed by atoms with Gasteiger partial charge in [-0.05, 0) is 42.0 Å². The van der Waals surface area contributed by atoms with Gasteiger partial charge in [0.2, 0.25) is 15.9 Å². The first-order valence-electron chi connectivity index (χ1n) is 9.65. The number of benzene rings is 3. The number of hydrogen-bond donors (Lipinski definition) is 1. The third-order valence-electron chi connectivity index (χ3n) is 4.97. The molecule has 0 aliphatic rings. The Labute approximate surface area is 185 Å². The molecule has 1 atom stereocenters. The average Bonchev–Trinajstić information content (AvgIpc) is 2.80. The van der Waals surface area contributed by atoms with Crippen LogP contribution < -0.4 is 10.1 Å². The molecule has 0 bridgehead atoms. The maximum atomic E-state index is 13.9. The lowest BCUT2D eigenvalue weighted by Gasteiger charge is -2.28. The highest BCUT2D eigenvalue weighted by Gasteiger charge is 2.31. The number of sulfonamides is 1. The van der Waals surface area contributed by atoms with Crippen LogP contribution in [-0.2, 0) is 14.8 Å². The third kappa shape index (κ3) is 5.12. The fourth-order valence-electron chi connectivity index (χ4n) is 3.19. The van der Waals surface area contributed by atoms with E-state index in [-0.39, 0.29) is 11.3 Å². The Bertz CT molecular complexity index is 1170. The van der Waals surface area contributed by atoms with Gasteiger partial charge in [-0.25, -0.2) is 17.2 Å². The molecule has 0 aliphatic carbocycles. The van der Waals surface area contributed by atoms with Crippen LogP contribution in [0, 0.1) is 11.6 Å². The van der Waals surface area contributed by atoms with Crippen molar-refractivity contribution >= 4 is 21.6 Å². The van der Waals surface area contributed by atoms with Gasteiger partial charge in [0.15, 0.2) is 0 Å². The summed E-state index contributed by atoms with van der Waals surface area (Å²) in [5, 5.41) is 2.21. The number of halogens is 2. The van der Waals surface area contributed by atoms with Gasteiger partial charge in [0.1, 0.15) is 23.1 Å². The average molecular weight is 461 g/mol. The first-order valence-corrected chi connectivity index (χ1v) is 11.1. The van der Waals surface area contributed by atoms with Gasteiger partial charge in [-0.1, -0.05) is 36.4 Å². The molecule has 0 aliphatic heterocycles. The molecule has 0 saturated carbocycles. The van der Waals surface area contributed by atoms with Crippen LogP contribution >= 0.6 is 0 Å². The first-order chi connectivity index (χ1) is 15.2. The zero-order valence-electron chi connectivity index (χ0n) is 17.5. The number of para-hydroxylation sites is 1. The van der Waals surface area contributed by atoms with Crippen molar-refractivity contribution in [3.8, 4) is 5.75 Å². The predicted octanol–water partition coefficient (Wildman–Crippen LogP) is 4.36. The Morgan fingerprint density at radius 1 is 0.969 bits per heavy atom. The van der Waals surface area contributed by atoms with Crippen molar-refractivity contribution in [1.29, 1.82) is 0 Å². The Morgan fingerprint density at radius 2 is 1.56 bits per heavy atom. The number of nitrogens with zero attached hydrogens (tertiary/aromatic N) is 1. The molecule has 0 spiro atoms.